The molecule has 1 aromatic heterocycles. The number of ether oxygens (including phenoxy) is 1. The van der Waals surface area contributed by atoms with Crippen molar-refractivity contribution in [3.63, 3.8) is 0 Å². The van der Waals surface area contributed by atoms with E-state index in [-0.39, 0.29) is 11.5 Å². The summed E-state index contributed by atoms with van der Waals surface area (Å²) in [5.74, 6) is 1.21. The fourth-order valence-electron chi connectivity index (χ4n) is 4.66. The van der Waals surface area contributed by atoms with Crippen LogP contribution in [0.25, 0.3) is 0 Å². The Morgan fingerprint density at radius 2 is 1.93 bits per heavy atom. The maximum atomic E-state index is 12.3. The van der Waals surface area contributed by atoms with Gasteiger partial charge in [0.05, 0.1) is 0 Å². The first kappa shape index (κ1) is 19.7. The van der Waals surface area contributed by atoms with Crippen LogP contribution in [0.4, 0.5) is 10.5 Å². The molecule has 1 saturated carbocycles. The van der Waals surface area contributed by atoms with E-state index >= 15 is 0 Å². The van der Waals surface area contributed by atoms with Crippen LogP contribution in [0.1, 0.15) is 57.1 Å². The number of carbonyl (C=O) groups excluding carboxylic acids is 1. The highest BCUT2D eigenvalue weighted by molar-refractivity contribution is 5.72. The van der Waals surface area contributed by atoms with E-state index in [1.54, 1.807) is 0 Å². The summed E-state index contributed by atoms with van der Waals surface area (Å²) in [5, 5.41) is 2.95. The van der Waals surface area contributed by atoms with Crippen molar-refractivity contribution in [1.82, 2.24) is 10.3 Å². The fraction of sp³-hybridized carbons (Fsp3) is 0.500. The Labute approximate surface area is 173 Å². The largest absolute Gasteiger partial charge is 0.412 e. The van der Waals surface area contributed by atoms with Crippen LogP contribution in [0.2, 0.25) is 0 Å². The van der Waals surface area contributed by atoms with Gasteiger partial charge in [0.2, 0.25) is 0 Å². The van der Waals surface area contributed by atoms with Crippen LogP contribution in [0, 0.1) is 5.92 Å². The number of anilines is 1. The van der Waals surface area contributed by atoms with Crippen LogP contribution in [-0.4, -0.2) is 24.2 Å². The monoisotopic (exact) mass is 393 g/mol. The highest BCUT2D eigenvalue weighted by atomic mass is 16.6. The Hall–Kier alpha value is -2.56. The molecular formula is C24H31N3O2. The predicted molar refractivity (Wildman–Crippen MR) is 115 cm³/mol. The Morgan fingerprint density at radius 1 is 1.17 bits per heavy atom. The molecule has 1 aromatic carbocycles. The number of benzene rings is 1. The third-order valence-corrected chi connectivity index (χ3v) is 6.22. The Bertz CT molecular complexity index is 844. The Kier molecular flexibility index (Phi) is 5.74. The van der Waals surface area contributed by atoms with Crippen molar-refractivity contribution >= 4 is 11.8 Å². The van der Waals surface area contributed by atoms with Crippen molar-refractivity contribution in [3.05, 3.63) is 53.9 Å². The number of hydrogen-bond acceptors (Lipinski definition) is 4. The van der Waals surface area contributed by atoms with Crippen molar-refractivity contribution in [2.24, 2.45) is 5.92 Å². The number of hydrogen-bond donors (Lipinski definition) is 1. The van der Waals surface area contributed by atoms with Gasteiger partial charge in [0.15, 0.2) is 0 Å². The normalized spacial score (nSPS) is 18.3. The van der Waals surface area contributed by atoms with Gasteiger partial charge >= 0.3 is 6.09 Å². The average molecular weight is 394 g/mol. The number of nitrogens with zero attached hydrogens (tertiary/aromatic N) is 2. The molecule has 2 aromatic rings. The summed E-state index contributed by atoms with van der Waals surface area (Å²) in [6.45, 7) is 6.98. The zero-order valence-corrected chi connectivity index (χ0v) is 17.5. The number of nitrogens with one attached hydrogen (secondary N) is 1. The molecule has 0 unspecified atom stereocenters. The Morgan fingerprint density at radius 3 is 2.69 bits per heavy atom. The number of fused-ring (bicyclic) bond motifs is 1. The van der Waals surface area contributed by atoms with Gasteiger partial charge in [-0.2, -0.15) is 0 Å². The van der Waals surface area contributed by atoms with Crippen molar-refractivity contribution < 1.29 is 9.53 Å². The molecule has 1 aliphatic carbocycles. The second-order valence-electron chi connectivity index (χ2n) is 9.05. The SMILES string of the molecule is CC1(C)CN(Cc2ccncc2)c2ccc(OC(=O)NCC3CCCCC3)cc21. The molecule has 2 aliphatic rings. The van der Waals surface area contributed by atoms with Gasteiger partial charge in [0.1, 0.15) is 5.75 Å². The molecule has 1 N–H and O–H groups in total. The second kappa shape index (κ2) is 8.44. The van der Waals surface area contributed by atoms with E-state index < -0.39 is 0 Å². The Balaban J connectivity index is 1.41. The lowest BCUT2D eigenvalue weighted by Gasteiger charge is -2.22. The molecule has 0 bridgehead atoms. The van der Waals surface area contributed by atoms with Crippen molar-refractivity contribution in [2.75, 3.05) is 18.0 Å². The molecule has 1 amide bonds. The molecule has 4 rings (SSSR count). The molecule has 5 nitrogen and oxygen atoms in total. The minimum atomic E-state index is -0.347. The lowest BCUT2D eigenvalue weighted by atomic mass is 9.87. The van der Waals surface area contributed by atoms with Crippen molar-refractivity contribution in [1.29, 1.82) is 0 Å². The van der Waals surface area contributed by atoms with Crippen LogP contribution >= 0.6 is 0 Å². The molecule has 29 heavy (non-hydrogen) atoms. The fourth-order valence-corrected chi connectivity index (χ4v) is 4.66. The van der Waals surface area contributed by atoms with Gasteiger partial charge in [0.25, 0.3) is 0 Å². The third-order valence-electron chi connectivity index (χ3n) is 6.22. The van der Waals surface area contributed by atoms with Crippen molar-refractivity contribution in [3.8, 4) is 5.75 Å². The highest BCUT2D eigenvalue weighted by Crippen LogP contribution is 2.42. The van der Waals surface area contributed by atoms with Gasteiger partial charge in [-0.25, -0.2) is 4.79 Å². The number of amides is 1. The maximum absolute atomic E-state index is 12.3. The van der Waals surface area contributed by atoms with Crippen molar-refractivity contribution in [2.45, 2.75) is 57.9 Å². The summed E-state index contributed by atoms with van der Waals surface area (Å²) in [6, 6.07) is 10.1. The molecule has 0 radical (unpaired) electrons. The van der Waals surface area contributed by atoms with Gasteiger partial charge < -0.3 is 15.0 Å². The third kappa shape index (κ3) is 4.72. The van der Waals surface area contributed by atoms with E-state index in [0.29, 0.717) is 11.7 Å². The predicted octanol–water partition coefficient (Wildman–Crippen LogP) is 5.05. The summed E-state index contributed by atoms with van der Waals surface area (Å²) in [4.78, 5) is 18.8. The maximum Gasteiger partial charge on any atom is 0.412 e. The quantitative estimate of drug-likeness (QED) is 0.772. The van der Waals surface area contributed by atoms with Gasteiger partial charge in [-0.1, -0.05) is 33.1 Å². The van der Waals surface area contributed by atoms with E-state index in [0.717, 1.165) is 19.6 Å². The van der Waals surface area contributed by atoms with Gasteiger partial charge in [-0.05, 0) is 60.2 Å². The van der Waals surface area contributed by atoms with E-state index in [9.17, 15) is 4.79 Å². The van der Waals surface area contributed by atoms with E-state index in [1.165, 1.54) is 48.9 Å². The summed E-state index contributed by atoms with van der Waals surface area (Å²) < 4.78 is 5.60. The van der Waals surface area contributed by atoms with Crippen LogP contribution < -0.4 is 15.0 Å². The molecule has 1 fully saturated rings. The molecule has 5 heteroatoms. The minimum absolute atomic E-state index is 0.000305. The smallest absolute Gasteiger partial charge is 0.410 e. The number of aromatic nitrogens is 1. The number of rotatable bonds is 5. The second-order valence-corrected chi connectivity index (χ2v) is 9.05. The zero-order valence-electron chi connectivity index (χ0n) is 17.5. The molecule has 0 atom stereocenters. The highest BCUT2D eigenvalue weighted by Gasteiger charge is 2.35. The van der Waals surface area contributed by atoms with Gasteiger partial charge in [-0.3, -0.25) is 4.98 Å². The van der Waals surface area contributed by atoms with Gasteiger partial charge in [-0.15, -0.1) is 0 Å². The molecular weight excluding hydrogens is 362 g/mol. The first-order chi connectivity index (χ1) is 14.0. The van der Waals surface area contributed by atoms with Crippen LogP contribution in [0.5, 0.6) is 5.75 Å². The number of pyridine rings is 1. The number of carbonyl (C=O) groups is 1. The topological polar surface area (TPSA) is 54.5 Å². The summed E-state index contributed by atoms with van der Waals surface area (Å²) in [5.41, 5.74) is 3.68. The summed E-state index contributed by atoms with van der Waals surface area (Å²) >= 11 is 0. The van der Waals surface area contributed by atoms with E-state index in [4.69, 9.17) is 4.74 Å². The lowest BCUT2D eigenvalue weighted by molar-refractivity contribution is 0.196. The lowest BCUT2D eigenvalue weighted by Crippen LogP contribution is -2.32. The van der Waals surface area contributed by atoms with Crippen LogP contribution in [0.3, 0.4) is 0 Å². The summed E-state index contributed by atoms with van der Waals surface area (Å²) in [7, 11) is 0. The van der Waals surface area contributed by atoms with E-state index in [1.807, 2.05) is 24.5 Å². The average Bonchev–Trinajstić information content (AvgIpc) is 2.97. The minimum Gasteiger partial charge on any atom is -0.410 e. The zero-order chi connectivity index (χ0) is 20.3. The molecule has 154 valence electrons. The molecule has 0 saturated heterocycles. The molecule has 0 spiro atoms. The standard InChI is InChI=1S/C24H31N3O2/c1-24(2)17-27(16-19-10-12-25-13-11-19)22-9-8-20(14-21(22)24)29-23(28)26-15-18-6-4-3-5-7-18/h8-14,18H,3-7,15-17H2,1-2H3,(H,26,28). The first-order valence-corrected chi connectivity index (χ1v) is 10.8. The first-order valence-electron chi connectivity index (χ1n) is 10.8. The van der Waals surface area contributed by atoms with Crippen LogP contribution in [0.15, 0.2) is 42.7 Å². The molecule has 2 heterocycles. The summed E-state index contributed by atoms with van der Waals surface area (Å²) in [6.07, 6.45) is 9.61. The molecule has 1 aliphatic heterocycles. The van der Waals surface area contributed by atoms with Gasteiger partial charge in [0, 0.05) is 43.1 Å². The van der Waals surface area contributed by atoms with E-state index in [2.05, 4.69) is 47.2 Å². The van der Waals surface area contributed by atoms with Crippen LogP contribution in [-0.2, 0) is 12.0 Å².